The molecule has 1 aliphatic heterocycles. The number of rotatable bonds is 6. The van der Waals surface area contributed by atoms with E-state index in [-0.39, 0.29) is 23.3 Å². The minimum atomic E-state index is -3.78. The number of sulfonamides is 1. The minimum absolute atomic E-state index is 0.0410. The standard InChI is InChI=1S/C17H20ClN3O5S/c1-24-14-6-5-12(18)8-15(14)27(22,23)21-7-3-4-13(11-21)26-17-10-19-9-16(20-17)25-2/h5-6,8-10,13H,3-4,7,11H2,1-2H3. The molecule has 1 fully saturated rings. The highest BCUT2D eigenvalue weighted by Crippen LogP contribution is 2.31. The van der Waals surface area contributed by atoms with E-state index in [2.05, 4.69) is 9.97 Å². The molecule has 1 aromatic heterocycles. The summed E-state index contributed by atoms with van der Waals surface area (Å²) in [6, 6.07) is 4.52. The van der Waals surface area contributed by atoms with Crippen LogP contribution in [0.3, 0.4) is 0 Å². The van der Waals surface area contributed by atoms with E-state index >= 15 is 0 Å². The van der Waals surface area contributed by atoms with Crippen molar-refractivity contribution in [2.75, 3.05) is 27.3 Å². The largest absolute Gasteiger partial charge is 0.495 e. The first-order valence-corrected chi connectivity index (χ1v) is 10.1. The molecular weight excluding hydrogens is 394 g/mol. The van der Waals surface area contributed by atoms with Crippen molar-refractivity contribution in [2.45, 2.75) is 23.8 Å². The number of aromatic nitrogens is 2. The first-order chi connectivity index (χ1) is 12.9. The van der Waals surface area contributed by atoms with E-state index in [0.29, 0.717) is 36.2 Å². The SMILES string of the molecule is COc1cncc(OC2CCCN(S(=O)(=O)c3cc(Cl)ccc3OC)C2)n1. The van der Waals surface area contributed by atoms with Crippen LogP contribution in [-0.2, 0) is 10.0 Å². The second-order valence-electron chi connectivity index (χ2n) is 5.94. The molecule has 8 nitrogen and oxygen atoms in total. The molecule has 3 rings (SSSR count). The number of hydrogen-bond donors (Lipinski definition) is 0. The number of hydrogen-bond acceptors (Lipinski definition) is 7. The summed E-state index contributed by atoms with van der Waals surface area (Å²) >= 11 is 5.99. The van der Waals surface area contributed by atoms with Gasteiger partial charge in [0.15, 0.2) is 0 Å². The van der Waals surface area contributed by atoms with Crippen molar-refractivity contribution in [2.24, 2.45) is 0 Å². The Kier molecular flexibility index (Phi) is 6.03. The van der Waals surface area contributed by atoms with Crippen LogP contribution in [0.2, 0.25) is 5.02 Å². The molecule has 2 heterocycles. The van der Waals surface area contributed by atoms with Gasteiger partial charge in [-0.3, -0.25) is 4.98 Å². The van der Waals surface area contributed by atoms with Gasteiger partial charge in [0.05, 0.1) is 33.2 Å². The molecule has 0 radical (unpaired) electrons. The fraction of sp³-hybridized carbons (Fsp3) is 0.412. The molecule has 1 saturated heterocycles. The van der Waals surface area contributed by atoms with Crippen LogP contribution in [-0.4, -0.2) is 56.1 Å². The molecule has 1 aliphatic rings. The first kappa shape index (κ1) is 19.7. The van der Waals surface area contributed by atoms with Crippen molar-refractivity contribution < 1.29 is 22.6 Å². The van der Waals surface area contributed by atoms with Gasteiger partial charge < -0.3 is 14.2 Å². The third kappa shape index (κ3) is 4.42. The Morgan fingerprint density at radius 2 is 1.96 bits per heavy atom. The summed E-state index contributed by atoms with van der Waals surface area (Å²) in [5, 5.41) is 0.325. The molecule has 146 valence electrons. The van der Waals surface area contributed by atoms with Crippen LogP contribution in [0, 0.1) is 0 Å². The fourth-order valence-electron chi connectivity index (χ4n) is 2.87. The van der Waals surface area contributed by atoms with E-state index < -0.39 is 10.0 Å². The summed E-state index contributed by atoms with van der Waals surface area (Å²) in [6.07, 6.45) is 3.95. The molecule has 0 saturated carbocycles. The zero-order valence-corrected chi connectivity index (χ0v) is 16.5. The Morgan fingerprint density at radius 1 is 1.19 bits per heavy atom. The van der Waals surface area contributed by atoms with Gasteiger partial charge in [0.2, 0.25) is 21.8 Å². The second kappa shape index (κ2) is 8.28. The molecule has 0 spiro atoms. The van der Waals surface area contributed by atoms with Gasteiger partial charge in [-0.05, 0) is 31.0 Å². The van der Waals surface area contributed by atoms with Gasteiger partial charge in [-0.25, -0.2) is 8.42 Å². The van der Waals surface area contributed by atoms with Gasteiger partial charge in [0.1, 0.15) is 16.7 Å². The molecule has 1 unspecified atom stereocenters. The Hall–Kier alpha value is -2.10. The van der Waals surface area contributed by atoms with Crippen molar-refractivity contribution in [3.8, 4) is 17.5 Å². The summed E-state index contributed by atoms with van der Waals surface area (Å²) in [7, 11) is -0.873. The smallest absolute Gasteiger partial charge is 0.246 e. The number of halogens is 1. The Balaban J connectivity index is 1.80. The van der Waals surface area contributed by atoms with Crippen LogP contribution in [0.15, 0.2) is 35.5 Å². The lowest BCUT2D eigenvalue weighted by Gasteiger charge is -2.32. The lowest BCUT2D eigenvalue weighted by Crippen LogP contribution is -2.44. The number of benzene rings is 1. The zero-order chi connectivity index (χ0) is 19.4. The molecule has 0 N–H and O–H groups in total. The van der Waals surface area contributed by atoms with E-state index in [4.69, 9.17) is 25.8 Å². The van der Waals surface area contributed by atoms with E-state index in [9.17, 15) is 8.42 Å². The normalized spacial score (nSPS) is 18.1. The third-order valence-electron chi connectivity index (χ3n) is 4.17. The van der Waals surface area contributed by atoms with Gasteiger partial charge >= 0.3 is 0 Å². The number of nitrogens with zero attached hydrogens (tertiary/aromatic N) is 3. The molecular formula is C17H20ClN3O5S. The zero-order valence-electron chi connectivity index (χ0n) is 15.0. The van der Waals surface area contributed by atoms with Crippen molar-refractivity contribution >= 4 is 21.6 Å². The van der Waals surface area contributed by atoms with Crippen LogP contribution in [0.5, 0.6) is 17.5 Å². The Bertz CT molecular complexity index is 909. The van der Waals surface area contributed by atoms with E-state index in [1.165, 1.54) is 37.0 Å². The van der Waals surface area contributed by atoms with Gasteiger partial charge in [-0.2, -0.15) is 9.29 Å². The fourth-order valence-corrected chi connectivity index (χ4v) is 4.80. The molecule has 10 heteroatoms. The van der Waals surface area contributed by atoms with Crippen molar-refractivity contribution in [3.05, 3.63) is 35.6 Å². The highest BCUT2D eigenvalue weighted by Gasteiger charge is 2.33. The molecule has 0 bridgehead atoms. The maximum absolute atomic E-state index is 13.1. The van der Waals surface area contributed by atoms with Gasteiger partial charge in [-0.15, -0.1) is 0 Å². The Labute approximate surface area is 163 Å². The van der Waals surface area contributed by atoms with Gasteiger partial charge in [0, 0.05) is 11.6 Å². The average molecular weight is 414 g/mol. The van der Waals surface area contributed by atoms with Crippen LogP contribution in [0.1, 0.15) is 12.8 Å². The maximum atomic E-state index is 13.1. The van der Waals surface area contributed by atoms with Crippen LogP contribution < -0.4 is 14.2 Å². The van der Waals surface area contributed by atoms with Crippen molar-refractivity contribution in [1.82, 2.24) is 14.3 Å². The summed E-state index contributed by atoms with van der Waals surface area (Å²) in [6.45, 7) is 0.582. The number of methoxy groups -OCH3 is 2. The molecule has 1 atom stereocenters. The lowest BCUT2D eigenvalue weighted by molar-refractivity contribution is 0.123. The predicted octanol–water partition coefficient (Wildman–Crippen LogP) is 2.38. The summed E-state index contributed by atoms with van der Waals surface area (Å²) in [4.78, 5) is 8.19. The molecule has 0 aliphatic carbocycles. The summed E-state index contributed by atoms with van der Waals surface area (Å²) in [5.74, 6) is 0.872. The second-order valence-corrected chi connectivity index (χ2v) is 8.28. The molecule has 1 aromatic carbocycles. The quantitative estimate of drug-likeness (QED) is 0.717. The van der Waals surface area contributed by atoms with Gasteiger partial charge in [0.25, 0.3) is 0 Å². The first-order valence-electron chi connectivity index (χ1n) is 8.30. The average Bonchev–Trinajstić information content (AvgIpc) is 2.68. The predicted molar refractivity (Wildman–Crippen MR) is 99.0 cm³/mol. The van der Waals surface area contributed by atoms with Gasteiger partial charge in [-0.1, -0.05) is 11.6 Å². The van der Waals surface area contributed by atoms with Crippen molar-refractivity contribution in [1.29, 1.82) is 0 Å². The molecule has 27 heavy (non-hydrogen) atoms. The third-order valence-corrected chi connectivity index (χ3v) is 6.29. The van der Waals surface area contributed by atoms with Crippen LogP contribution in [0.25, 0.3) is 0 Å². The van der Waals surface area contributed by atoms with Crippen LogP contribution in [0.4, 0.5) is 0 Å². The lowest BCUT2D eigenvalue weighted by atomic mass is 10.1. The maximum Gasteiger partial charge on any atom is 0.246 e. The highest BCUT2D eigenvalue weighted by molar-refractivity contribution is 7.89. The van der Waals surface area contributed by atoms with E-state index in [1.54, 1.807) is 12.1 Å². The Morgan fingerprint density at radius 3 is 2.70 bits per heavy atom. The summed E-state index contributed by atoms with van der Waals surface area (Å²) in [5.41, 5.74) is 0. The minimum Gasteiger partial charge on any atom is -0.495 e. The molecule has 0 amide bonds. The van der Waals surface area contributed by atoms with Crippen molar-refractivity contribution in [3.63, 3.8) is 0 Å². The molecule has 2 aromatic rings. The monoisotopic (exact) mass is 413 g/mol. The van der Waals surface area contributed by atoms with E-state index in [0.717, 1.165) is 0 Å². The topological polar surface area (TPSA) is 90.9 Å². The van der Waals surface area contributed by atoms with Crippen LogP contribution >= 0.6 is 11.6 Å². The van der Waals surface area contributed by atoms with E-state index in [1.807, 2.05) is 0 Å². The highest BCUT2D eigenvalue weighted by atomic mass is 35.5. The number of ether oxygens (including phenoxy) is 3. The summed E-state index contributed by atoms with van der Waals surface area (Å²) < 4.78 is 43.6. The number of piperidine rings is 1.